The van der Waals surface area contributed by atoms with Gasteiger partial charge in [0.25, 0.3) is 0 Å². The van der Waals surface area contributed by atoms with E-state index >= 15 is 0 Å². The molecule has 1 aromatic carbocycles. The van der Waals surface area contributed by atoms with E-state index in [1.807, 2.05) is 13.8 Å². The van der Waals surface area contributed by atoms with Crippen molar-refractivity contribution in [2.24, 2.45) is 5.92 Å². The van der Waals surface area contributed by atoms with Crippen molar-refractivity contribution in [1.29, 1.82) is 0 Å². The molecule has 0 saturated heterocycles. The van der Waals surface area contributed by atoms with Crippen LogP contribution in [-0.4, -0.2) is 22.2 Å². The molecule has 1 amide bonds. The van der Waals surface area contributed by atoms with Crippen LogP contribution in [0.4, 0.5) is 11.4 Å². The summed E-state index contributed by atoms with van der Waals surface area (Å²) in [5, 5.41) is 24.5. The first kappa shape index (κ1) is 11.6. The van der Waals surface area contributed by atoms with E-state index < -0.39 is 0 Å². The van der Waals surface area contributed by atoms with Crippen LogP contribution in [0.25, 0.3) is 0 Å². The van der Waals surface area contributed by atoms with Crippen LogP contribution in [0.2, 0.25) is 0 Å². The van der Waals surface area contributed by atoms with Gasteiger partial charge in [0.05, 0.1) is 11.4 Å². The van der Waals surface area contributed by atoms with Gasteiger partial charge < -0.3 is 20.8 Å². The second-order valence-corrected chi connectivity index (χ2v) is 4.70. The minimum Gasteiger partial charge on any atom is -0.504 e. The maximum absolute atomic E-state index is 11.8. The standard InChI is InChI=1S/C12H16N2O3/c1-6(2)3-9-12(17)14-8-5-11(16)10(15)4-7(8)13-9/h4-6,9,13,15-16H,3H2,1-2H3,(H,14,17)/t9-/m1/s1. The number of carbonyl (C=O) groups is 1. The molecule has 1 aliphatic rings. The lowest BCUT2D eigenvalue weighted by Gasteiger charge is -2.28. The molecule has 0 aromatic heterocycles. The first-order chi connectivity index (χ1) is 7.97. The molecule has 0 radical (unpaired) electrons. The molecule has 1 aliphatic heterocycles. The number of carbonyl (C=O) groups excluding carboxylic acids is 1. The molecular weight excluding hydrogens is 220 g/mol. The number of amides is 1. The van der Waals surface area contributed by atoms with Crippen LogP contribution < -0.4 is 10.6 Å². The number of fused-ring (bicyclic) bond motifs is 1. The third-order valence-electron chi connectivity index (χ3n) is 2.73. The van der Waals surface area contributed by atoms with Gasteiger partial charge in [-0.25, -0.2) is 0 Å². The molecule has 0 fully saturated rings. The minimum absolute atomic E-state index is 0.115. The van der Waals surface area contributed by atoms with Crippen LogP contribution in [0.3, 0.4) is 0 Å². The lowest BCUT2D eigenvalue weighted by atomic mass is 10.0. The quantitative estimate of drug-likeness (QED) is 0.467. The van der Waals surface area contributed by atoms with Gasteiger partial charge in [0.1, 0.15) is 6.04 Å². The van der Waals surface area contributed by atoms with Crippen LogP contribution in [0.15, 0.2) is 12.1 Å². The normalized spacial score (nSPS) is 18.5. The third-order valence-corrected chi connectivity index (χ3v) is 2.73. The molecule has 5 nitrogen and oxygen atoms in total. The Labute approximate surface area is 99.5 Å². The summed E-state index contributed by atoms with van der Waals surface area (Å²) < 4.78 is 0. The predicted molar refractivity (Wildman–Crippen MR) is 65.3 cm³/mol. The zero-order valence-corrected chi connectivity index (χ0v) is 9.82. The fraction of sp³-hybridized carbons (Fsp3) is 0.417. The smallest absolute Gasteiger partial charge is 0.246 e. The first-order valence-electron chi connectivity index (χ1n) is 5.60. The van der Waals surface area contributed by atoms with Crippen LogP contribution in [0.1, 0.15) is 20.3 Å². The van der Waals surface area contributed by atoms with Crippen molar-refractivity contribution in [1.82, 2.24) is 0 Å². The topological polar surface area (TPSA) is 81.6 Å². The maximum Gasteiger partial charge on any atom is 0.246 e. The number of aromatic hydroxyl groups is 2. The number of rotatable bonds is 2. The Morgan fingerprint density at radius 3 is 2.41 bits per heavy atom. The highest BCUT2D eigenvalue weighted by Gasteiger charge is 2.26. The van der Waals surface area contributed by atoms with Crippen molar-refractivity contribution >= 4 is 17.3 Å². The molecule has 92 valence electrons. The van der Waals surface area contributed by atoms with E-state index in [-0.39, 0.29) is 23.4 Å². The van der Waals surface area contributed by atoms with Gasteiger partial charge in [-0.2, -0.15) is 0 Å². The van der Waals surface area contributed by atoms with Gasteiger partial charge in [0.2, 0.25) is 5.91 Å². The zero-order valence-electron chi connectivity index (χ0n) is 9.82. The van der Waals surface area contributed by atoms with Gasteiger partial charge in [0, 0.05) is 12.1 Å². The SMILES string of the molecule is CC(C)C[C@H]1Nc2cc(O)c(O)cc2NC1=O. The van der Waals surface area contributed by atoms with E-state index in [2.05, 4.69) is 10.6 Å². The predicted octanol–water partition coefficient (Wildman–Crippen LogP) is 1.88. The van der Waals surface area contributed by atoms with Crippen molar-refractivity contribution in [3.63, 3.8) is 0 Å². The molecule has 1 atom stereocenters. The summed E-state index contributed by atoms with van der Waals surface area (Å²) in [7, 11) is 0. The molecule has 5 heteroatoms. The van der Waals surface area contributed by atoms with Crippen molar-refractivity contribution < 1.29 is 15.0 Å². The van der Waals surface area contributed by atoms with Crippen molar-refractivity contribution in [3.8, 4) is 11.5 Å². The molecule has 0 saturated carbocycles. The van der Waals surface area contributed by atoms with E-state index in [1.54, 1.807) is 0 Å². The highest BCUT2D eigenvalue weighted by atomic mass is 16.3. The van der Waals surface area contributed by atoms with E-state index in [9.17, 15) is 15.0 Å². The second-order valence-electron chi connectivity index (χ2n) is 4.70. The highest BCUT2D eigenvalue weighted by Crippen LogP contribution is 2.37. The van der Waals surface area contributed by atoms with Gasteiger partial charge in [-0.3, -0.25) is 4.79 Å². The zero-order chi connectivity index (χ0) is 12.6. The van der Waals surface area contributed by atoms with Crippen LogP contribution in [0.5, 0.6) is 11.5 Å². The van der Waals surface area contributed by atoms with E-state index in [0.717, 1.165) is 0 Å². The Bertz CT molecular complexity index is 457. The molecule has 17 heavy (non-hydrogen) atoms. The summed E-state index contributed by atoms with van der Waals surface area (Å²) in [5.74, 6) is -0.161. The summed E-state index contributed by atoms with van der Waals surface area (Å²) in [4.78, 5) is 11.8. The second kappa shape index (κ2) is 4.16. The minimum atomic E-state index is -0.300. The van der Waals surface area contributed by atoms with E-state index in [4.69, 9.17) is 0 Å². The number of anilines is 2. The van der Waals surface area contributed by atoms with Gasteiger partial charge in [-0.15, -0.1) is 0 Å². The van der Waals surface area contributed by atoms with Crippen LogP contribution >= 0.6 is 0 Å². The van der Waals surface area contributed by atoms with Gasteiger partial charge >= 0.3 is 0 Å². The fourth-order valence-corrected chi connectivity index (χ4v) is 1.91. The van der Waals surface area contributed by atoms with Gasteiger partial charge in [0.15, 0.2) is 11.5 Å². The Balaban J connectivity index is 2.28. The number of hydrogen-bond donors (Lipinski definition) is 4. The Morgan fingerprint density at radius 2 is 1.82 bits per heavy atom. The molecular formula is C12H16N2O3. The molecule has 4 N–H and O–H groups in total. The molecule has 1 aromatic rings. The Morgan fingerprint density at radius 1 is 1.24 bits per heavy atom. The highest BCUT2D eigenvalue weighted by molar-refractivity contribution is 6.03. The number of benzene rings is 1. The number of phenols is 2. The lowest BCUT2D eigenvalue weighted by Crippen LogP contribution is -2.39. The van der Waals surface area contributed by atoms with Gasteiger partial charge in [-0.05, 0) is 12.3 Å². The van der Waals surface area contributed by atoms with Crippen molar-refractivity contribution in [2.75, 3.05) is 10.6 Å². The Hall–Kier alpha value is -1.91. The van der Waals surface area contributed by atoms with Crippen molar-refractivity contribution in [3.05, 3.63) is 12.1 Å². The van der Waals surface area contributed by atoms with E-state index in [1.165, 1.54) is 12.1 Å². The Kier molecular flexibility index (Phi) is 2.83. The van der Waals surface area contributed by atoms with Crippen molar-refractivity contribution in [2.45, 2.75) is 26.3 Å². The summed E-state index contributed by atoms with van der Waals surface area (Å²) in [6.45, 7) is 4.08. The molecule has 0 spiro atoms. The third kappa shape index (κ3) is 2.27. The maximum atomic E-state index is 11.8. The van der Waals surface area contributed by atoms with Crippen LogP contribution in [-0.2, 0) is 4.79 Å². The summed E-state index contributed by atoms with van der Waals surface area (Å²) >= 11 is 0. The summed E-state index contributed by atoms with van der Waals surface area (Å²) in [5.41, 5.74) is 1.12. The first-order valence-corrected chi connectivity index (χ1v) is 5.60. The average Bonchev–Trinajstić information content (AvgIpc) is 2.22. The fourth-order valence-electron chi connectivity index (χ4n) is 1.91. The number of nitrogens with one attached hydrogen (secondary N) is 2. The number of phenolic OH excluding ortho intramolecular Hbond substituents is 2. The van der Waals surface area contributed by atoms with Crippen LogP contribution in [0, 0.1) is 5.92 Å². The average molecular weight is 236 g/mol. The molecule has 0 aliphatic carbocycles. The summed E-state index contributed by atoms with van der Waals surface area (Å²) in [6, 6.07) is 2.45. The van der Waals surface area contributed by atoms with E-state index in [0.29, 0.717) is 23.7 Å². The molecule has 0 unspecified atom stereocenters. The lowest BCUT2D eigenvalue weighted by molar-refractivity contribution is -0.117. The molecule has 1 heterocycles. The summed E-state index contributed by atoms with van der Waals surface area (Å²) in [6.07, 6.45) is 0.715. The van der Waals surface area contributed by atoms with Gasteiger partial charge in [-0.1, -0.05) is 13.8 Å². The number of hydrogen-bond acceptors (Lipinski definition) is 4. The molecule has 2 rings (SSSR count). The monoisotopic (exact) mass is 236 g/mol. The largest absolute Gasteiger partial charge is 0.504 e. The molecule has 0 bridgehead atoms.